The van der Waals surface area contributed by atoms with Gasteiger partial charge in [0.1, 0.15) is 12.4 Å². The van der Waals surface area contributed by atoms with Crippen LogP contribution in [0.15, 0.2) is 42.7 Å². The number of aliphatic carboxylic acids is 1. The maximum Gasteiger partial charge on any atom is 0.322 e. The third-order valence-electron chi connectivity index (χ3n) is 4.90. The van der Waals surface area contributed by atoms with Crippen molar-refractivity contribution in [3.05, 3.63) is 58.5 Å². The molecule has 1 saturated heterocycles. The molecule has 1 aromatic heterocycles. The van der Waals surface area contributed by atoms with E-state index < -0.39 is 12.0 Å². The minimum absolute atomic E-state index is 0.426. The molecule has 0 amide bonds. The van der Waals surface area contributed by atoms with Crippen molar-refractivity contribution in [3.8, 4) is 11.1 Å². The summed E-state index contributed by atoms with van der Waals surface area (Å²) in [5.41, 5.74) is 3.59. The Kier molecular flexibility index (Phi) is 5.46. The van der Waals surface area contributed by atoms with E-state index in [1.807, 2.05) is 30.3 Å². The average molecular weight is 417 g/mol. The number of halogens is 2. The maximum absolute atomic E-state index is 11.3. The summed E-state index contributed by atoms with van der Waals surface area (Å²) in [4.78, 5) is 22.4. The van der Waals surface area contributed by atoms with Crippen LogP contribution in [0.1, 0.15) is 5.69 Å². The van der Waals surface area contributed by atoms with E-state index in [0.717, 1.165) is 34.3 Å². The normalized spacial score (nSPS) is 17.7. The first-order chi connectivity index (χ1) is 13.5. The molecule has 3 aromatic rings. The fourth-order valence-electron chi connectivity index (χ4n) is 3.53. The highest BCUT2D eigenvalue weighted by Gasteiger charge is 2.25. The molecule has 1 aliphatic heterocycles. The van der Waals surface area contributed by atoms with Crippen LogP contribution < -0.4 is 5.32 Å². The SMILES string of the molecule is O=C(O)C1CN(Cc2ncnc3cccc(-c4ccc(Cl)c(Cl)c4)c23)CCN1. The number of hydrogen-bond acceptors (Lipinski definition) is 5. The van der Waals surface area contributed by atoms with Crippen molar-refractivity contribution in [2.24, 2.45) is 0 Å². The topological polar surface area (TPSA) is 78.3 Å². The predicted octanol–water partition coefficient (Wildman–Crippen LogP) is 3.46. The number of carbonyl (C=O) groups is 1. The molecule has 0 saturated carbocycles. The highest BCUT2D eigenvalue weighted by atomic mass is 35.5. The number of benzene rings is 2. The molecule has 1 fully saturated rings. The Morgan fingerprint density at radius 1 is 1.21 bits per heavy atom. The van der Waals surface area contributed by atoms with Crippen molar-refractivity contribution in [1.82, 2.24) is 20.2 Å². The maximum atomic E-state index is 11.3. The van der Waals surface area contributed by atoms with E-state index in [1.54, 1.807) is 12.4 Å². The van der Waals surface area contributed by atoms with Crippen molar-refractivity contribution >= 4 is 40.1 Å². The molecule has 2 aromatic carbocycles. The van der Waals surface area contributed by atoms with E-state index in [9.17, 15) is 9.90 Å². The van der Waals surface area contributed by atoms with Gasteiger partial charge in [0.05, 0.1) is 21.3 Å². The van der Waals surface area contributed by atoms with E-state index in [2.05, 4.69) is 20.2 Å². The summed E-state index contributed by atoms with van der Waals surface area (Å²) >= 11 is 12.3. The standard InChI is InChI=1S/C20H18Cl2N4O2/c21-14-5-4-12(8-15(14)22)13-2-1-3-16-19(13)17(25-11-24-16)9-26-7-6-23-18(10-26)20(27)28/h1-5,8,11,18,23H,6-7,9-10H2,(H,27,28). The number of nitrogens with one attached hydrogen (secondary N) is 1. The Bertz CT molecular complexity index is 1040. The van der Waals surface area contributed by atoms with Gasteiger partial charge in [0, 0.05) is 31.6 Å². The molecule has 6 nitrogen and oxygen atoms in total. The summed E-state index contributed by atoms with van der Waals surface area (Å²) in [5.74, 6) is -0.839. The first-order valence-corrected chi connectivity index (χ1v) is 9.65. The number of hydrogen-bond donors (Lipinski definition) is 2. The molecule has 1 unspecified atom stereocenters. The lowest BCUT2D eigenvalue weighted by Crippen LogP contribution is -2.53. The summed E-state index contributed by atoms with van der Waals surface area (Å²) in [7, 11) is 0. The second kappa shape index (κ2) is 8.01. The smallest absolute Gasteiger partial charge is 0.322 e. The second-order valence-corrected chi connectivity index (χ2v) is 7.54. The number of carboxylic acids is 1. The van der Waals surface area contributed by atoms with E-state index in [4.69, 9.17) is 23.2 Å². The molecular weight excluding hydrogens is 399 g/mol. The third kappa shape index (κ3) is 3.82. The summed E-state index contributed by atoms with van der Waals surface area (Å²) in [6.07, 6.45) is 1.55. The zero-order chi connectivity index (χ0) is 19.7. The number of piperazine rings is 1. The molecule has 2 N–H and O–H groups in total. The monoisotopic (exact) mass is 416 g/mol. The van der Waals surface area contributed by atoms with Gasteiger partial charge < -0.3 is 10.4 Å². The molecule has 1 atom stereocenters. The minimum Gasteiger partial charge on any atom is -0.480 e. The van der Waals surface area contributed by atoms with E-state index >= 15 is 0 Å². The van der Waals surface area contributed by atoms with Crippen LogP contribution in [0.5, 0.6) is 0 Å². The Morgan fingerprint density at radius 2 is 2.07 bits per heavy atom. The molecule has 0 bridgehead atoms. The van der Waals surface area contributed by atoms with Crippen molar-refractivity contribution in [3.63, 3.8) is 0 Å². The fourth-order valence-corrected chi connectivity index (χ4v) is 3.83. The summed E-state index contributed by atoms with van der Waals surface area (Å²) in [5, 5.41) is 14.2. The van der Waals surface area contributed by atoms with Crippen LogP contribution in [0.25, 0.3) is 22.0 Å². The molecule has 0 radical (unpaired) electrons. The van der Waals surface area contributed by atoms with Gasteiger partial charge in [0.25, 0.3) is 0 Å². The van der Waals surface area contributed by atoms with Gasteiger partial charge in [-0.25, -0.2) is 9.97 Å². The van der Waals surface area contributed by atoms with Crippen LogP contribution in [0.4, 0.5) is 0 Å². The lowest BCUT2D eigenvalue weighted by molar-refractivity contribution is -0.140. The Balaban J connectivity index is 1.75. The van der Waals surface area contributed by atoms with Crippen molar-refractivity contribution in [2.75, 3.05) is 19.6 Å². The quantitative estimate of drug-likeness (QED) is 0.677. The van der Waals surface area contributed by atoms with Gasteiger partial charge in [-0.1, -0.05) is 41.4 Å². The van der Waals surface area contributed by atoms with Crippen LogP contribution in [-0.4, -0.2) is 51.6 Å². The minimum atomic E-state index is -0.839. The van der Waals surface area contributed by atoms with Gasteiger partial charge in [0.2, 0.25) is 0 Å². The highest BCUT2D eigenvalue weighted by Crippen LogP contribution is 2.33. The van der Waals surface area contributed by atoms with E-state index in [1.165, 1.54) is 0 Å². The van der Waals surface area contributed by atoms with E-state index in [0.29, 0.717) is 29.7 Å². The molecule has 8 heteroatoms. The first-order valence-electron chi connectivity index (χ1n) is 8.89. The van der Waals surface area contributed by atoms with Gasteiger partial charge in [-0.15, -0.1) is 0 Å². The van der Waals surface area contributed by atoms with E-state index in [-0.39, 0.29) is 0 Å². The first kappa shape index (κ1) is 19.1. The summed E-state index contributed by atoms with van der Waals surface area (Å²) in [6, 6.07) is 10.9. The largest absolute Gasteiger partial charge is 0.480 e. The zero-order valence-electron chi connectivity index (χ0n) is 14.9. The Labute approximate surface area is 172 Å². The van der Waals surface area contributed by atoms with Gasteiger partial charge in [-0.3, -0.25) is 9.69 Å². The lowest BCUT2D eigenvalue weighted by atomic mass is 9.99. The van der Waals surface area contributed by atoms with Gasteiger partial charge in [0.15, 0.2) is 0 Å². The molecular formula is C20H18Cl2N4O2. The molecule has 1 aliphatic rings. The zero-order valence-corrected chi connectivity index (χ0v) is 16.4. The Hall–Kier alpha value is -2.25. The molecule has 0 aliphatic carbocycles. The molecule has 0 spiro atoms. The van der Waals surface area contributed by atoms with Crippen LogP contribution in [-0.2, 0) is 11.3 Å². The second-order valence-electron chi connectivity index (χ2n) is 6.73. The van der Waals surface area contributed by atoms with Crippen molar-refractivity contribution in [2.45, 2.75) is 12.6 Å². The molecule has 4 rings (SSSR count). The van der Waals surface area contributed by atoms with Gasteiger partial charge in [-0.05, 0) is 29.3 Å². The fraction of sp³-hybridized carbons (Fsp3) is 0.250. The number of fused-ring (bicyclic) bond motifs is 1. The van der Waals surface area contributed by atoms with Crippen LogP contribution in [0.3, 0.4) is 0 Å². The van der Waals surface area contributed by atoms with Gasteiger partial charge in [-0.2, -0.15) is 0 Å². The number of aromatic nitrogens is 2. The highest BCUT2D eigenvalue weighted by molar-refractivity contribution is 6.42. The van der Waals surface area contributed by atoms with Gasteiger partial charge >= 0.3 is 5.97 Å². The number of rotatable bonds is 4. The summed E-state index contributed by atoms with van der Waals surface area (Å²) in [6.45, 7) is 2.35. The summed E-state index contributed by atoms with van der Waals surface area (Å²) < 4.78 is 0. The van der Waals surface area contributed by atoms with Crippen molar-refractivity contribution in [1.29, 1.82) is 0 Å². The van der Waals surface area contributed by atoms with Crippen molar-refractivity contribution < 1.29 is 9.90 Å². The molecule has 2 heterocycles. The molecule has 28 heavy (non-hydrogen) atoms. The number of nitrogens with zero attached hydrogens (tertiary/aromatic N) is 3. The van der Waals surface area contributed by atoms with Crippen LogP contribution in [0.2, 0.25) is 10.0 Å². The van der Waals surface area contributed by atoms with Crippen LogP contribution >= 0.6 is 23.2 Å². The molecule has 144 valence electrons. The van der Waals surface area contributed by atoms with Crippen LogP contribution in [0, 0.1) is 0 Å². The number of carboxylic acid groups (broad SMARTS) is 1. The lowest BCUT2D eigenvalue weighted by Gasteiger charge is -2.31. The predicted molar refractivity (Wildman–Crippen MR) is 110 cm³/mol. The third-order valence-corrected chi connectivity index (χ3v) is 5.64. The average Bonchev–Trinajstić information content (AvgIpc) is 2.70. The Morgan fingerprint density at radius 3 is 2.86 bits per heavy atom.